The Bertz CT molecular complexity index is 965. The lowest BCUT2D eigenvalue weighted by molar-refractivity contribution is -0.119. The van der Waals surface area contributed by atoms with Crippen LogP contribution in [0.2, 0.25) is 0 Å². The van der Waals surface area contributed by atoms with Crippen LogP contribution in [0.3, 0.4) is 0 Å². The number of thiazole rings is 1. The summed E-state index contributed by atoms with van der Waals surface area (Å²) in [6.45, 7) is -0.656. The minimum Gasteiger partial charge on any atom is -0.451 e. The number of nitrogens with zero attached hydrogens (tertiary/aromatic N) is 3. The van der Waals surface area contributed by atoms with Crippen LogP contribution in [0.25, 0.3) is 10.2 Å². The zero-order valence-electron chi connectivity index (χ0n) is 12.1. The van der Waals surface area contributed by atoms with E-state index in [4.69, 9.17) is 4.74 Å². The second-order valence-corrected chi connectivity index (χ2v) is 5.60. The molecule has 2 aromatic heterocycles. The van der Waals surface area contributed by atoms with Crippen molar-refractivity contribution in [3.05, 3.63) is 47.8 Å². The molecule has 1 N–H and O–H groups in total. The van der Waals surface area contributed by atoms with Gasteiger partial charge in [0.05, 0.1) is 10.9 Å². The van der Waals surface area contributed by atoms with Gasteiger partial charge in [-0.2, -0.15) is 0 Å². The van der Waals surface area contributed by atoms with Crippen LogP contribution in [0, 0.1) is 17.5 Å². The highest BCUT2D eigenvalue weighted by atomic mass is 32.1. The number of rotatable bonds is 4. The average Bonchev–Trinajstić information content (AvgIpc) is 3.00. The highest BCUT2D eigenvalue weighted by Gasteiger charge is 2.19. The molecule has 0 spiro atoms. The molecule has 0 saturated carbocycles. The Balaban J connectivity index is 1.66. The summed E-state index contributed by atoms with van der Waals surface area (Å²) in [5, 5.41) is 2.15. The molecular formula is C14H7F3N4O3S. The van der Waals surface area contributed by atoms with Crippen LogP contribution < -0.4 is 5.32 Å². The van der Waals surface area contributed by atoms with Gasteiger partial charge in [-0.1, -0.05) is 11.3 Å². The maximum Gasteiger partial charge on any atom is 0.359 e. The van der Waals surface area contributed by atoms with Crippen molar-refractivity contribution in [1.82, 2.24) is 15.0 Å². The normalized spacial score (nSPS) is 10.7. The van der Waals surface area contributed by atoms with E-state index in [9.17, 15) is 22.8 Å². The maximum atomic E-state index is 13.6. The predicted octanol–water partition coefficient (Wildman–Crippen LogP) is 2.30. The third-order valence-corrected chi connectivity index (χ3v) is 3.79. The quantitative estimate of drug-likeness (QED) is 0.561. The van der Waals surface area contributed by atoms with Crippen LogP contribution in [0.5, 0.6) is 0 Å². The zero-order chi connectivity index (χ0) is 18.0. The van der Waals surface area contributed by atoms with E-state index in [2.05, 4.69) is 20.3 Å². The summed E-state index contributed by atoms with van der Waals surface area (Å²) in [5.74, 6) is -6.07. The molecule has 0 radical (unpaired) electrons. The van der Waals surface area contributed by atoms with Crippen molar-refractivity contribution in [2.24, 2.45) is 0 Å². The molecule has 7 nitrogen and oxygen atoms in total. The van der Waals surface area contributed by atoms with Gasteiger partial charge in [-0.25, -0.2) is 27.9 Å². The Kier molecular flexibility index (Phi) is 4.57. The van der Waals surface area contributed by atoms with Crippen molar-refractivity contribution in [1.29, 1.82) is 0 Å². The molecule has 0 bridgehead atoms. The number of nitrogens with one attached hydrogen (secondary N) is 1. The number of esters is 1. The molecule has 11 heteroatoms. The molecule has 25 heavy (non-hydrogen) atoms. The fraction of sp³-hybridized carbons (Fsp3) is 0.0714. The number of halogens is 3. The van der Waals surface area contributed by atoms with E-state index in [1.165, 1.54) is 18.6 Å². The Labute approximate surface area is 141 Å². The second-order valence-electron chi connectivity index (χ2n) is 4.57. The molecule has 0 unspecified atom stereocenters. The van der Waals surface area contributed by atoms with Crippen molar-refractivity contribution in [2.45, 2.75) is 0 Å². The number of ether oxygens (including phenoxy) is 1. The number of carbonyl (C=O) groups is 2. The van der Waals surface area contributed by atoms with Gasteiger partial charge in [-0.3, -0.25) is 15.1 Å². The predicted molar refractivity (Wildman–Crippen MR) is 80.4 cm³/mol. The maximum absolute atomic E-state index is 13.6. The molecule has 1 aromatic carbocycles. The first-order valence-corrected chi connectivity index (χ1v) is 7.44. The number of amides is 1. The summed E-state index contributed by atoms with van der Waals surface area (Å²) in [7, 11) is 0. The van der Waals surface area contributed by atoms with Crippen LogP contribution >= 0.6 is 11.3 Å². The smallest absolute Gasteiger partial charge is 0.359 e. The number of hydrogen-bond donors (Lipinski definition) is 1. The molecule has 1 amide bonds. The molecule has 3 aromatic rings. The van der Waals surface area contributed by atoms with Gasteiger partial charge in [0.1, 0.15) is 5.52 Å². The number of hydrogen-bond acceptors (Lipinski definition) is 7. The standard InChI is InChI=1S/C14H7F3N4O3S/c15-6-3-8-12(11(17)10(6)16)21-14(25-8)20-9(22)5-24-13(23)7-4-18-1-2-19-7/h1-4H,5H2,(H,20,21,22). The molecule has 0 aliphatic heterocycles. The molecule has 0 aliphatic carbocycles. The van der Waals surface area contributed by atoms with Crippen LogP contribution in [-0.4, -0.2) is 33.4 Å². The molecule has 0 fully saturated rings. The Morgan fingerprint density at radius 3 is 2.72 bits per heavy atom. The zero-order valence-corrected chi connectivity index (χ0v) is 12.9. The van der Waals surface area contributed by atoms with Crippen molar-refractivity contribution >= 4 is 38.6 Å². The minimum absolute atomic E-state index is 0.0169. The molecule has 2 heterocycles. The third kappa shape index (κ3) is 3.55. The summed E-state index contributed by atoms with van der Waals surface area (Å²) >= 11 is 0.741. The molecule has 0 aliphatic rings. The first-order valence-electron chi connectivity index (χ1n) is 6.62. The first kappa shape index (κ1) is 16.8. The van der Waals surface area contributed by atoms with Crippen molar-refractivity contribution in [2.75, 3.05) is 11.9 Å². The summed E-state index contributed by atoms with van der Waals surface area (Å²) < 4.78 is 44.7. The number of aromatic nitrogens is 3. The van der Waals surface area contributed by atoms with Crippen molar-refractivity contribution < 1.29 is 27.5 Å². The van der Waals surface area contributed by atoms with E-state index in [1.807, 2.05) is 0 Å². The summed E-state index contributed by atoms with van der Waals surface area (Å²) in [6.07, 6.45) is 3.81. The third-order valence-electron chi connectivity index (χ3n) is 2.87. The summed E-state index contributed by atoms with van der Waals surface area (Å²) in [5.41, 5.74) is -0.487. The van der Waals surface area contributed by atoms with Crippen molar-refractivity contribution in [3.63, 3.8) is 0 Å². The lowest BCUT2D eigenvalue weighted by Crippen LogP contribution is -2.21. The van der Waals surface area contributed by atoms with Gasteiger partial charge in [0.2, 0.25) is 0 Å². The Morgan fingerprint density at radius 2 is 2.00 bits per heavy atom. The van der Waals surface area contributed by atoms with Gasteiger partial charge in [0.25, 0.3) is 5.91 Å². The second kappa shape index (κ2) is 6.81. The lowest BCUT2D eigenvalue weighted by Gasteiger charge is -2.03. The monoisotopic (exact) mass is 368 g/mol. The highest BCUT2D eigenvalue weighted by molar-refractivity contribution is 7.22. The van der Waals surface area contributed by atoms with Gasteiger partial charge in [-0.05, 0) is 6.07 Å². The number of benzene rings is 1. The fourth-order valence-corrected chi connectivity index (χ4v) is 2.70. The number of carbonyl (C=O) groups excluding carboxylic acids is 2. The van der Waals surface area contributed by atoms with Gasteiger partial charge in [-0.15, -0.1) is 0 Å². The van der Waals surface area contributed by atoms with E-state index in [-0.39, 0.29) is 15.5 Å². The fourth-order valence-electron chi connectivity index (χ4n) is 1.79. The van der Waals surface area contributed by atoms with E-state index in [0.29, 0.717) is 0 Å². The highest BCUT2D eigenvalue weighted by Crippen LogP contribution is 2.30. The van der Waals surface area contributed by atoms with Crippen LogP contribution in [-0.2, 0) is 9.53 Å². The molecule has 0 saturated heterocycles. The minimum atomic E-state index is -1.64. The summed E-state index contributed by atoms with van der Waals surface area (Å²) in [4.78, 5) is 34.4. The Hall–Kier alpha value is -3.08. The van der Waals surface area contributed by atoms with E-state index in [0.717, 1.165) is 17.4 Å². The van der Waals surface area contributed by atoms with Crippen molar-refractivity contribution in [3.8, 4) is 0 Å². The van der Waals surface area contributed by atoms with Gasteiger partial charge in [0.15, 0.2) is 34.9 Å². The van der Waals surface area contributed by atoms with Gasteiger partial charge >= 0.3 is 5.97 Å². The van der Waals surface area contributed by atoms with Gasteiger partial charge in [0, 0.05) is 12.4 Å². The van der Waals surface area contributed by atoms with Gasteiger partial charge < -0.3 is 4.74 Å². The lowest BCUT2D eigenvalue weighted by atomic mass is 10.3. The van der Waals surface area contributed by atoms with Crippen LogP contribution in [0.15, 0.2) is 24.7 Å². The number of fused-ring (bicyclic) bond motifs is 1. The summed E-state index contributed by atoms with van der Waals surface area (Å²) in [6, 6.07) is 0.773. The van der Waals surface area contributed by atoms with Crippen LogP contribution in [0.1, 0.15) is 10.5 Å². The molecule has 128 valence electrons. The average molecular weight is 368 g/mol. The topological polar surface area (TPSA) is 94.1 Å². The largest absolute Gasteiger partial charge is 0.451 e. The molecule has 0 atom stereocenters. The molecular weight excluding hydrogens is 361 g/mol. The SMILES string of the molecule is O=C(COC(=O)c1cnccn1)Nc1nc2c(F)c(F)c(F)cc2s1. The van der Waals surface area contributed by atoms with Crippen LogP contribution in [0.4, 0.5) is 18.3 Å². The van der Waals surface area contributed by atoms with E-state index in [1.54, 1.807) is 0 Å². The Morgan fingerprint density at radius 1 is 1.20 bits per heavy atom. The number of anilines is 1. The first-order chi connectivity index (χ1) is 12.0. The molecule has 3 rings (SSSR count). The van der Waals surface area contributed by atoms with E-state index >= 15 is 0 Å². The van der Waals surface area contributed by atoms with E-state index < -0.39 is 41.5 Å².